The van der Waals surface area contributed by atoms with E-state index in [9.17, 15) is 4.79 Å². The Morgan fingerprint density at radius 2 is 2.25 bits per heavy atom. The van der Waals surface area contributed by atoms with Gasteiger partial charge in [0.2, 0.25) is 0 Å². The number of methoxy groups -OCH3 is 1. The van der Waals surface area contributed by atoms with E-state index < -0.39 is 5.63 Å². The minimum atomic E-state index is -0.506. The van der Waals surface area contributed by atoms with Gasteiger partial charge in [0.15, 0.2) is 16.4 Å². The molecule has 1 aromatic carbocycles. The Morgan fingerprint density at radius 3 is 2.90 bits per heavy atom. The van der Waals surface area contributed by atoms with Crippen molar-refractivity contribution in [2.24, 2.45) is 10.8 Å². The van der Waals surface area contributed by atoms with Gasteiger partial charge in [-0.25, -0.2) is 4.79 Å². The van der Waals surface area contributed by atoms with E-state index in [0.717, 1.165) is 5.39 Å². The van der Waals surface area contributed by atoms with Crippen LogP contribution < -0.4 is 21.5 Å². The van der Waals surface area contributed by atoms with Gasteiger partial charge in [0.25, 0.3) is 0 Å². The van der Waals surface area contributed by atoms with E-state index in [1.165, 1.54) is 7.11 Å². The molecule has 2 aromatic rings. The van der Waals surface area contributed by atoms with Gasteiger partial charge in [-0.1, -0.05) is 12.1 Å². The lowest BCUT2D eigenvalue weighted by Gasteiger charge is -2.05. The third-order valence-corrected chi connectivity index (χ3v) is 2.76. The van der Waals surface area contributed by atoms with Gasteiger partial charge in [0, 0.05) is 5.39 Å². The van der Waals surface area contributed by atoms with Crippen LogP contribution in [0.4, 0.5) is 0 Å². The fourth-order valence-corrected chi connectivity index (χ4v) is 1.78. The number of fused-ring (bicyclic) bond motifs is 1. The first-order valence-electron chi connectivity index (χ1n) is 5.74. The largest absolute Gasteiger partial charge is 0.493 e. The zero-order chi connectivity index (χ0) is 14.7. The summed E-state index contributed by atoms with van der Waals surface area (Å²) in [5.74, 6) is 0.502. The van der Waals surface area contributed by atoms with Gasteiger partial charge < -0.3 is 14.9 Å². The third-order valence-electron chi connectivity index (χ3n) is 2.67. The van der Waals surface area contributed by atoms with E-state index in [1.54, 1.807) is 19.1 Å². The molecule has 0 saturated heterocycles. The summed E-state index contributed by atoms with van der Waals surface area (Å²) in [6.45, 7) is 1.66. The summed E-state index contributed by atoms with van der Waals surface area (Å²) >= 11 is 4.65. The minimum absolute atomic E-state index is 0.0243. The average Bonchev–Trinajstić information content (AvgIpc) is 2.43. The molecule has 104 valence electrons. The molecule has 0 bridgehead atoms. The zero-order valence-electron chi connectivity index (χ0n) is 11.0. The number of hydrogen-bond donors (Lipinski definition) is 2. The topological polar surface area (TPSA) is 89.9 Å². The maximum atomic E-state index is 12.0. The van der Waals surface area contributed by atoms with Crippen LogP contribution in [-0.2, 0) is 0 Å². The highest BCUT2D eigenvalue weighted by Crippen LogP contribution is 2.24. The van der Waals surface area contributed by atoms with Crippen LogP contribution in [0.5, 0.6) is 5.75 Å². The lowest BCUT2D eigenvalue weighted by atomic mass is 10.1. The maximum Gasteiger partial charge on any atom is 0.345 e. The summed E-state index contributed by atoms with van der Waals surface area (Å²) in [6.07, 6.45) is 0. The van der Waals surface area contributed by atoms with Gasteiger partial charge in [-0.05, 0) is 31.3 Å². The molecule has 1 aromatic heterocycles. The standard InChI is InChI=1S/C13H13N3O3S/c1-7(15-16-13(14)20)9-6-8-4-3-5-10(18-2)11(8)19-12(9)17/h3-6H,1-2H3,(H3,14,16,20)/b15-7-. The highest BCUT2D eigenvalue weighted by Gasteiger charge is 2.11. The molecule has 3 N–H and O–H groups in total. The van der Waals surface area contributed by atoms with Crippen molar-refractivity contribution in [3.8, 4) is 5.75 Å². The van der Waals surface area contributed by atoms with Crippen LogP contribution in [0.3, 0.4) is 0 Å². The zero-order valence-corrected chi connectivity index (χ0v) is 11.8. The summed E-state index contributed by atoms with van der Waals surface area (Å²) in [6, 6.07) is 7.04. The van der Waals surface area contributed by atoms with Crippen molar-refractivity contribution >= 4 is 34.0 Å². The molecular formula is C13H13N3O3S. The summed E-state index contributed by atoms with van der Waals surface area (Å²) in [5.41, 5.74) is 8.36. The SMILES string of the molecule is COc1cccc2cc(/C(C)=N\NC(N)=S)c(=O)oc12. The van der Waals surface area contributed by atoms with Crippen molar-refractivity contribution in [1.29, 1.82) is 0 Å². The summed E-state index contributed by atoms with van der Waals surface area (Å²) in [5, 5.41) is 4.68. The van der Waals surface area contributed by atoms with E-state index >= 15 is 0 Å². The second-order valence-corrected chi connectivity index (χ2v) is 4.44. The lowest BCUT2D eigenvalue weighted by molar-refractivity contribution is 0.406. The Morgan fingerprint density at radius 1 is 1.50 bits per heavy atom. The molecule has 0 amide bonds. The smallest absolute Gasteiger partial charge is 0.345 e. The number of hydrogen-bond acceptors (Lipinski definition) is 5. The summed E-state index contributed by atoms with van der Waals surface area (Å²) < 4.78 is 10.4. The first-order chi connectivity index (χ1) is 9.52. The van der Waals surface area contributed by atoms with Crippen LogP contribution in [0.25, 0.3) is 11.0 Å². The average molecular weight is 291 g/mol. The number of benzene rings is 1. The fourth-order valence-electron chi connectivity index (χ4n) is 1.73. The molecule has 7 heteroatoms. The monoisotopic (exact) mass is 291 g/mol. The molecule has 0 atom stereocenters. The van der Waals surface area contributed by atoms with Crippen molar-refractivity contribution in [3.05, 3.63) is 40.2 Å². The third kappa shape index (κ3) is 2.77. The first-order valence-corrected chi connectivity index (χ1v) is 6.14. The Bertz CT molecular complexity index is 752. The van der Waals surface area contributed by atoms with Crippen LogP contribution in [0, 0.1) is 0 Å². The van der Waals surface area contributed by atoms with E-state index in [4.69, 9.17) is 14.9 Å². The molecule has 20 heavy (non-hydrogen) atoms. The highest BCUT2D eigenvalue weighted by atomic mass is 32.1. The number of nitrogens with zero attached hydrogens (tertiary/aromatic N) is 1. The maximum absolute atomic E-state index is 12.0. The van der Waals surface area contributed by atoms with E-state index in [2.05, 4.69) is 22.7 Å². The summed E-state index contributed by atoms with van der Waals surface area (Å²) in [4.78, 5) is 12.0. The summed E-state index contributed by atoms with van der Waals surface area (Å²) in [7, 11) is 1.52. The van der Waals surface area contributed by atoms with Gasteiger partial charge in [-0.3, -0.25) is 5.43 Å². The van der Waals surface area contributed by atoms with Crippen LogP contribution in [0.15, 0.2) is 38.6 Å². The Balaban J connectivity index is 2.57. The quantitative estimate of drug-likeness (QED) is 0.384. The van der Waals surface area contributed by atoms with Crippen LogP contribution >= 0.6 is 12.2 Å². The van der Waals surface area contributed by atoms with Crippen molar-refractivity contribution in [2.45, 2.75) is 6.92 Å². The number of nitrogens with one attached hydrogen (secondary N) is 1. The Labute approximate surface area is 120 Å². The van der Waals surface area contributed by atoms with Gasteiger partial charge in [0.05, 0.1) is 18.4 Å². The molecule has 0 radical (unpaired) electrons. The van der Waals surface area contributed by atoms with Crippen molar-refractivity contribution in [1.82, 2.24) is 5.43 Å². The number of rotatable bonds is 3. The van der Waals surface area contributed by atoms with Crippen molar-refractivity contribution in [2.75, 3.05) is 7.11 Å². The molecule has 6 nitrogen and oxygen atoms in total. The van der Waals surface area contributed by atoms with E-state index in [0.29, 0.717) is 22.6 Å². The Hall–Kier alpha value is -2.41. The second-order valence-electron chi connectivity index (χ2n) is 4.00. The predicted molar refractivity (Wildman–Crippen MR) is 81.2 cm³/mol. The number of ether oxygens (including phenoxy) is 1. The molecule has 2 rings (SSSR count). The van der Waals surface area contributed by atoms with E-state index in [1.807, 2.05) is 12.1 Å². The van der Waals surface area contributed by atoms with Gasteiger partial charge in [-0.2, -0.15) is 5.10 Å². The molecule has 0 saturated carbocycles. The van der Waals surface area contributed by atoms with E-state index in [-0.39, 0.29) is 5.11 Å². The normalized spacial score (nSPS) is 11.4. The van der Waals surface area contributed by atoms with Crippen LogP contribution in [0.1, 0.15) is 12.5 Å². The second kappa shape index (κ2) is 5.70. The molecule has 0 fully saturated rings. The molecular weight excluding hydrogens is 278 g/mol. The van der Waals surface area contributed by atoms with Crippen molar-refractivity contribution < 1.29 is 9.15 Å². The highest BCUT2D eigenvalue weighted by molar-refractivity contribution is 7.80. The molecule has 0 unspecified atom stereocenters. The van der Waals surface area contributed by atoms with Crippen LogP contribution in [-0.4, -0.2) is 17.9 Å². The van der Waals surface area contributed by atoms with Gasteiger partial charge >= 0.3 is 5.63 Å². The molecule has 1 heterocycles. The van der Waals surface area contributed by atoms with Crippen LogP contribution in [0.2, 0.25) is 0 Å². The number of hydrazone groups is 1. The Kier molecular flexibility index (Phi) is 3.99. The molecule has 0 aliphatic rings. The minimum Gasteiger partial charge on any atom is -0.493 e. The molecule has 0 spiro atoms. The fraction of sp³-hybridized carbons (Fsp3) is 0.154. The molecule has 0 aliphatic heterocycles. The first kappa shape index (κ1) is 14.0. The van der Waals surface area contributed by atoms with Gasteiger partial charge in [0.1, 0.15) is 0 Å². The van der Waals surface area contributed by atoms with Crippen molar-refractivity contribution in [3.63, 3.8) is 0 Å². The number of thiocarbonyl (C=S) groups is 1. The number of nitrogens with two attached hydrogens (primary N) is 1. The number of para-hydroxylation sites is 1. The lowest BCUT2D eigenvalue weighted by Crippen LogP contribution is -2.26. The molecule has 0 aliphatic carbocycles. The van der Waals surface area contributed by atoms with Gasteiger partial charge in [-0.15, -0.1) is 0 Å². The predicted octanol–water partition coefficient (Wildman–Crippen LogP) is 1.36.